The van der Waals surface area contributed by atoms with Crippen LogP contribution in [0, 0.1) is 11.6 Å². The van der Waals surface area contributed by atoms with Gasteiger partial charge < -0.3 is 24.4 Å². The molecule has 42 heavy (non-hydrogen) atoms. The third-order valence-corrected chi connectivity index (χ3v) is 6.49. The maximum absolute atomic E-state index is 15.0. The number of nitrogens with one attached hydrogen (secondary N) is 2. The summed E-state index contributed by atoms with van der Waals surface area (Å²) in [7, 11) is 1.53. The highest BCUT2D eigenvalue weighted by Crippen LogP contribution is 2.37. The van der Waals surface area contributed by atoms with Crippen molar-refractivity contribution in [3.8, 4) is 23.0 Å². The van der Waals surface area contributed by atoms with Crippen molar-refractivity contribution in [3.05, 3.63) is 84.1 Å². The van der Waals surface area contributed by atoms with Crippen molar-refractivity contribution in [2.75, 3.05) is 38.7 Å². The minimum Gasteiger partial charge on any atom is -0.493 e. The molecule has 3 aromatic carbocycles. The van der Waals surface area contributed by atoms with E-state index in [-0.39, 0.29) is 17.9 Å². The van der Waals surface area contributed by atoms with Gasteiger partial charge in [-0.25, -0.2) is 13.6 Å². The number of hydrogen-bond donors (Lipinski definition) is 2. The number of urea groups is 1. The number of fused-ring (bicyclic) bond motifs is 1. The third-order valence-electron chi connectivity index (χ3n) is 6.49. The zero-order valence-corrected chi connectivity index (χ0v) is 23.6. The molecule has 0 fully saturated rings. The van der Waals surface area contributed by atoms with Crippen LogP contribution in [0.1, 0.15) is 19.4 Å². The molecule has 0 saturated carbocycles. The third kappa shape index (κ3) is 7.91. The SMILES string of the molecule is CCN(CC)CCOc1cc2nccc(Oc3ccc(NC(=O)NC(=O)Cc4ccc(F)cc4)cc3F)c2cc1OC. The van der Waals surface area contributed by atoms with E-state index in [0.717, 1.165) is 25.7 Å². The number of imide groups is 1. The number of carbonyl (C=O) groups is 2. The Bertz CT molecular complexity index is 1540. The molecule has 0 bridgehead atoms. The Kier molecular flexibility index (Phi) is 10.2. The Labute approximate surface area is 242 Å². The molecule has 1 aromatic heterocycles. The molecule has 11 heteroatoms. The van der Waals surface area contributed by atoms with Crippen molar-refractivity contribution in [3.63, 3.8) is 0 Å². The molecular weight excluding hydrogens is 546 g/mol. The summed E-state index contributed by atoms with van der Waals surface area (Å²) in [4.78, 5) is 31.0. The summed E-state index contributed by atoms with van der Waals surface area (Å²) in [6, 6.07) is 13.5. The van der Waals surface area contributed by atoms with Crippen LogP contribution in [0.25, 0.3) is 10.9 Å². The van der Waals surface area contributed by atoms with Crippen LogP contribution >= 0.6 is 0 Å². The Morgan fingerprint density at radius 3 is 2.36 bits per heavy atom. The number of pyridine rings is 1. The first-order valence-corrected chi connectivity index (χ1v) is 13.4. The fraction of sp³-hybridized carbons (Fsp3) is 0.258. The van der Waals surface area contributed by atoms with Crippen LogP contribution in [0.5, 0.6) is 23.0 Å². The van der Waals surface area contributed by atoms with E-state index in [4.69, 9.17) is 14.2 Å². The number of likely N-dealkylation sites (N-methyl/N-ethyl adjacent to an activating group) is 1. The molecule has 1 heterocycles. The number of ether oxygens (including phenoxy) is 3. The van der Waals surface area contributed by atoms with Crippen molar-refractivity contribution >= 4 is 28.5 Å². The number of benzene rings is 3. The van der Waals surface area contributed by atoms with E-state index in [1.165, 1.54) is 43.5 Å². The lowest BCUT2D eigenvalue weighted by atomic mass is 10.1. The lowest BCUT2D eigenvalue weighted by molar-refractivity contribution is -0.119. The molecule has 3 amide bonds. The second-order valence-corrected chi connectivity index (χ2v) is 9.26. The Morgan fingerprint density at radius 1 is 0.905 bits per heavy atom. The molecule has 0 spiro atoms. The van der Waals surface area contributed by atoms with Crippen LogP contribution < -0.4 is 24.8 Å². The Hall–Kier alpha value is -4.77. The topological polar surface area (TPSA) is 102 Å². The van der Waals surface area contributed by atoms with E-state index in [2.05, 4.69) is 34.4 Å². The molecule has 0 aliphatic carbocycles. The fourth-order valence-corrected chi connectivity index (χ4v) is 4.21. The molecule has 0 aliphatic rings. The van der Waals surface area contributed by atoms with Crippen molar-refractivity contribution in [1.29, 1.82) is 0 Å². The average molecular weight is 579 g/mol. The zero-order valence-electron chi connectivity index (χ0n) is 23.6. The number of aromatic nitrogens is 1. The van der Waals surface area contributed by atoms with Gasteiger partial charge in [0.2, 0.25) is 5.91 Å². The largest absolute Gasteiger partial charge is 0.493 e. The maximum atomic E-state index is 15.0. The number of rotatable bonds is 12. The van der Waals surface area contributed by atoms with E-state index < -0.39 is 23.6 Å². The van der Waals surface area contributed by atoms with Gasteiger partial charge in [-0.15, -0.1) is 0 Å². The van der Waals surface area contributed by atoms with E-state index in [1.54, 1.807) is 24.4 Å². The normalized spacial score (nSPS) is 10.9. The Balaban J connectivity index is 1.42. The number of anilines is 1. The van der Waals surface area contributed by atoms with Gasteiger partial charge in [-0.2, -0.15) is 0 Å². The van der Waals surface area contributed by atoms with Crippen molar-refractivity contribution in [2.45, 2.75) is 20.3 Å². The van der Waals surface area contributed by atoms with Crippen LogP contribution in [-0.4, -0.2) is 55.2 Å². The number of hydrogen-bond acceptors (Lipinski definition) is 7. The first kappa shape index (κ1) is 30.2. The molecule has 0 unspecified atom stereocenters. The first-order chi connectivity index (χ1) is 20.3. The Morgan fingerprint density at radius 2 is 1.67 bits per heavy atom. The smallest absolute Gasteiger partial charge is 0.325 e. The summed E-state index contributed by atoms with van der Waals surface area (Å²) in [6.07, 6.45) is 1.42. The summed E-state index contributed by atoms with van der Waals surface area (Å²) in [5.41, 5.74) is 1.22. The zero-order chi connectivity index (χ0) is 30.1. The van der Waals surface area contributed by atoms with E-state index in [9.17, 15) is 18.4 Å². The van der Waals surface area contributed by atoms with Gasteiger partial charge in [0, 0.05) is 35.9 Å². The van der Waals surface area contributed by atoms with Gasteiger partial charge in [0.05, 0.1) is 19.0 Å². The summed E-state index contributed by atoms with van der Waals surface area (Å²) < 4.78 is 45.4. The van der Waals surface area contributed by atoms with Crippen molar-refractivity contribution in [2.24, 2.45) is 0 Å². The summed E-state index contributed by atoms with van der Waals surface area (Å²) in [6.45, 7) is 7.29. The van der Waals surface area contributed by atoms with Crippen molar-refractivity contribution in [1.82, 2.24) is 15.2 Å². The van der Waals surface area contributed by atoms with Crippen LogP contribution in [0.3, 0.4) is 0 Å². The summed E-state index contributed by atoms with van der Waals surface area (Å²) in [5, 5.41) is 5.16. The van der Waals surface area contributed by atoms with Gasteiger partial charge >= 0.3 is 6.03 Å². The maximum Gasteiger partial charge on any atom is 0.325 e. The predicted octanol–water partition coefficient (Wildman–Crippen LogP) is 5.93. The molecular formula is C31H32F2N4O5. The molecule has 0 aliphatic heterocycles. The number of halogens is 2. The molecule has 0 atom stereocenters. The van der Waals surface area contributed by atoms with Crippen molar-refractivity contribution < 1.29 is 32.6 Å². The van der Waals surface area contributed by atoms with Gasteiger partial charge in [-0.3, -0.25) is 15.1 Å². The fourth-order valence-electron chi connectivity index (χ4n) is 4.21. The molecule has 9 nitrogen and oxygen atoms in total. The second kappa shape index (κ2) is 14.2. The van der Waals surface area contributed by atoms with E-state index in [0.29, 0.717) is 40.3 Å². The lowest BCUT2D eigenvalue weighted by Crippen LogP contribution is -2.35. The molecule has 4 aromatic rings. The van der Waals surface area contributed by atoms with Gasteiger partial charge in [0.25, 0.3) is 0 Å². The number of carbonyl (C=O) groups excluding carboxylic acids is 2. The predicted molar refractivity (Wildman–Crippen MR) is 155 cm³/mol. The summed E-state index contributed by atoms with van der Waals surface area (Å²) >= 11 is 0. The molecule has 2 N–H and O–H groups in total. The lowest BCUT2D eigenvalue weighted by Gasteiger charge is -2.19. The van der Waals surface area contributed by atoms with E-state index in [1.807, 2.05) is 0 Å². The van der Waals surface area contributed by atoms with Gasteiger partial charge in [0.1, 0.15) is 18.2 Å². The highest BCUT2D eigenvalue weighted by atomic mass is 19.1. The first-order valence-electron chi connectivity index (χ1n) is 13.4. The van der Waals surface area contributed by atoms with Gasteiger partial charge in [-0.05, 0) is 55.1 Å². The highest BCUT2D eigenvalue weighted by Gasteiger charge is 2.15. The minimum absolute atomic E-state index is 0.0839. The number of methoxy groups -OCH3 is 1. The van der Waals surface area contributed by atoms with Crippen LogP contribution in [-0.2, 0) is 11.2 Å². The molecule has 220 valence electrons. The minimum atomic E-state index is -0.836. The average Bonchev–Trinajstić information content (AvgIpc) is 2.97. The van der Waals surface area contributed by atoms with Gasteiger partial charge in [0.15, 0.2) is 23.1 Å². The quantitative estimate of drug-likeness (QED) is 0.215. The van der Waals surface area contributed by atoms with Crippen LogP contribution in [0.4, 0.5) is 19.3 Å². The summed E-state index contributed by atoms with van der Waals surface area (Å²) in [5.74, 6) is -0.478. The molecule has 0 radical (unpaired) electrons. The second-order valence-electron chi connectivity index (χ2n) is 9.26. The monoisotopic (exact) mass is 578 g/mol. The van der Waals surface area contributed by atoms with Gasteiger partial charge in [-0.1, -0.05) is 26.0 Å². The number of nitrogens with zero attached hydrogens (tertiary/aromatic N) is 2. The van der Waals surface area contributed by atoms with E-state index >= 15 is 0 Å². The van der Waals surface area contributed by atoms with Crippen LogP contribution in [0.2, 0.25) is 0 Å². The molecule has 4 rings (SSSR count). The molecule has 0 saturated heterocycles. The standard InChI is InChI=1S/C31H32F2N4O5/c1-4-37(5-2)14-15-41-29-19-25-23(18-28(29)40-3)26(12-13-34-25)42-27-11-10-22(17-24(27)33)35-31(39)36-30(38)16-20-6-8-21(32)9-7-20/h6-13,17-19H,4-5,14-16H2,1-3H3,(H2,35,36,38,39). The van der Waals surface area contributed by atoms with Crippen LogP contribution in [0.15, 0.2) is 66.9 Å². The highest BCUT2D eigenvalue weighted by molar-refractivity contribution is 6.01. The number of amides is 3.